The lowest BCUT2D eigenvalue weighted by atomic mass is 10.1. The van der Waals surface area contributed by atoms with E-state index in [-0.39, 0.29) is 11.8 Å². The molecular formula is C14H15N3O. The summed E-state index contributed by atoms with van der Waals surface area (Å²) in [5.41, 5.74) is 6.87. The first kappa shape index (κ1) is 11.0. The Balaban J connectivity index is 2.35. The molecule has 1 aromatic heterocycles. The smallest absolute Gasteiger partial charge is 0.116 e. The van der Waals surface area contributed by atoms with Gasteiger partial charge in [-0.25, -0.2) is 0 Å². The molecule has 0 radical (unpaired) electrons. The first-order chi connectivity index (χ1) is 8.65. The SMILES string of the molecule is CC(N)Cn1ncc2ccc3ccc(O)cc3c21. The van der Waals surface area contributed by atoms with Crippen molar-refractivity contribution in [1.82, 2.24) is 9.78 Å². The van der Waals surface area contributed by atoms with Crippen LogP contribution < -0.4 is 5.73 Å². The zero-order chi connectivity index (χ0) is 12.7. The number of aromatic hydroxyl groups is 1. The highest BCUT2D eigenvalue weighted by Crippen LogP contribution is 2.28. The number of phenolic OH excluding ortho intramolecular Hbond substituents is 1. The Labute approximate surface area is 105 Å². The topological polar surface area (TPSA) is 64.1 Å². The lowest BCUT2D eigenvalue weighted by Crippen LogP contribution is -2.22. The van der Waals surface area contributed by atoms with Crippen LogP contribution in [0.1, 0.15) is 6.92 Å². The van der Waals surface area contributed by atoms with Gasteiger partial charge in [-0.05, 0) is 24.4 Å². The number of nitrogens with zero attached hydrogens (tertiary/aromatic N) is 2. The molecule has 1 heterocycles. The summed E-state index contributed by atoms with van der Waals surface area (Å²) in [6.07, 6.45) is 1.83. The maximum absolute atomic E-state index is 9.65. The Hall–Kier alpha value is -2.07. The van der Waals surface area contributed by atoms with E-state index in [1.165, 1.54) is 0 Å². The molecule has 0 aliphatic carbocycles. The molecule has 3 N–H and O–H groups in total. The van der Waals surface area contributed by atoms with E-state index in [0.717, 1.165) is 21.7 Å². The second-order valence-corrected chi connectivity index (χ2v) is 4.71. The molecule has 18 heavy (non-hydrogen) atoms. The van der Waals surface area contributed by atoms with Crippen molar-refractivity contribution >= 4 is 21.7 Å². The third-order valence-electron chi connectivity index (χ3n) is 3.06. The molecule has 0 bridgehead atoms. The summed E-state index contributed by atoms with van der Waals surface area (Å²) < 4.78 is 1.90. The number of aromatic nitrogens is 2. The Bertz CT molecular complexity index is 715. The molecule has 0 saturated heterocycles. The van der Waals surface area contributed by atoms with Gasteiger partial charge in [-0.2, -0.15) is 5.10 Å². The molecular weight excluding hydrogens is 226 g/mol. The normalized spacial score (nSPS) is 13.2. The van der Waals surface area contributed by atoms with E-state index in [0.29, 0.717) is 6.54 Å². The van der Waals surface area contributed by atoms with E-state index in [9.17, 15) is 5.11 Å². The Morgan fingerprint density at radius 1 is 1.28 bits per heavy atom. The number of phenols is 1. The third kappa shape index (κ3) is 1.71. The summed E-state index contributed by atoms with van der Waals surface area (Å²) in [5, 5.41) is 17.2. The first-order valence-corrected chi connectivity index (χ1v) is 5.98. The highest BCUT2D eigenvalue weighted by Gasteiger charge is 2.09. The fourth-order valence-electron chi connectivity index (χ4n) is 2.30. The predicted molar refractivity (Wildman–Crippen MR) is 72.6 cm³/mol. The number of fused-ring (bicyclic) bond motifs is 3. The molecule has 1 unspecified atom stereocenters. The van der Waals surface area contributed by atoms with Crippen molar-refractivity contribution in [2.24, 2.45) is 5.73 Å². The number of hydrogen-bond acceptors (Lipinski definition) is 3. The quantitative estimate of drug-likeness (QED) is 0.723. The van der Waals surface area contributed by atoms with E-state index in [4.69, 9.17) is 5.73 Å². The molecule has 0 aliphatic heterocycles. The van der Waals surface area contributed by atoms with Crippen molar-refractivity contribution in [2.45, 2.75) is 19.5 Å². The van der Waals surface area contributed by atoms with Crippen LogP contribution in [0.4, 0.5) is 0 Å². The van der Waals surface area contributed by atoms with Gasteiger partial charge in [-0.15, -0.1) is 0 Å². The van der Waals surface area contributed by atoms with Gasteiger partial charge in [-0.1, -0.05) is 18.2 Å². The molecule has 3 rings (SSSR count). The van der Waals surface area contributed by atoms with Gasteiger partial charge in [0.1, 0.15) is 5.75 Å². The van der Waals surface area contributed by atoms with E-state index >= 15 is 0 Å². The average Bonchev–Trinajstić information content (AvgIpc) is 2.72. The highest BCUT2D eigenvalue weighted by molar-refractivity contribution is 6.05. The molecule has 0 spiro atoms. The van der Waals surface area contributed by atoms with Crippen molar-refractivity contribution in [3.05, 3.63) is 36.5 Å². The standard InChI is InChI=1S/C14H15N3O/c1-9(15)8-17-14-11(7-16-17)3-2-10-4-5-12(18)6-13(10)14/h2-7,9,18H,8,15H2,1H3. The van der Waals surface area contributed by atoms with Crippen LogP contribution in [0.2, 0.25) is 0 Å². The predicted octanol–water partition coefficient (Wildman–Crippen LogP) is 2.24. The fourth-order valence-corrected chi connectivity index (χ4v) is 2.30. The summed E-state index contributed by atoms with van der Waals surface area (Å²) in [4.78, 5) is 0. The van der Waals surface area contributed by atoms with Crippen molar-refractivity contribution in [3.63, 3.8) is 0 Å². The molecule has 2 aromatic carbocycles. The van der Waals surface area contributed by atoms with Gasteiger partial charge in [0.2, 0.25) is 0 Å². The molecule has 4 nitrogen and oxygen atoms in total. The molecule has 0 fully saturated rings. The summed E-state index contributed by atoms with van der Waals surface area (Å²) in [6, 6.07) is 9.50. The number of benzene rings is 2. The second-order valence-electron chi connectivity index (χ2n) is 4.71. The number of hydrogen-bond donors (Lipinski definition) is 2. The number of rotatable bonds is 2. The minimum Gasteiger partial charge on any atom is -0.508 e. The third-order valence-corrected chi connectivity index (χ3v) is 3.06. The van der Waals surface area contributed by atoms with Crippen LogP contribution in [-0.4, -0.2) is 20.9 Å². The maximum Gasteiger partial charge on any atom is 0.116 e. The molecule has 4 heteroatoms. The Morgan fingerprint density at radius 2 is 2.00 bits per heavy atom. The lowest BCUT2D eigenvalue weighted by molar-refractivity contribution is 0.476. The van der Waals surface area contributed by atoms with Gasteiger partial charge in [0, 0.05) is 16.8 Å². The molecule has 3 aromatic rings. The summed E-state index contributed by atoms with van der Waals surface area (Å²) in [7, 11) is 0. The molecule has 1 atom stereocenters. The Morgan fingerprint density at radius 3 is 2.78 bits per heavy atom. The van der Waals surface area contributed by atoms with Gasteiger partial charge in [0.25, 0.3) is 0 Å². The monoisotopic (exact) mass is 241 g/mol. The van der Waals surface area contributed by atoms with Crippen molar-refractivity contribution in [3.8, 4) is 5.75 Å². The Kier molecular flexibility index (Phi) is 2.45. The van der Waals surface area contributed by atoms with Crippen LogP contribution in [-0.2, 0) is 6.54 Å². The van der Waals surface area contributed by atoms with Gasteiger partial charge in [0.05, 0.1) is 18.3 Å². The van der Waals surface area contributed by atoms with Crippen LogP contribution in [0.25, 0.3) is 21.7 Å². The number of nitrogens with two attached hydrogens (primary N) is 1. The summed E-state index contributed by atoms with van der Waals surface area (Å²) in [5.74, 6) is 0.267. The van der Waals surface area contributed by atoms with E-state index in [2.05, 4.69) is 5.10 Å². The van der Waals surface area contributed by atoms with E-state index in [1.54, 1.807) is 12.1 Å². The van der Waals surface area contributed by atoms with Crippen molar-refractivity contribution in [2.75, 3.05) is 0 Å². The van der Waals surface area contributed by atoms with Crippen LogP contribution in [0, 0.1) is 0 Å². The van der Waals surface area contributed by atoms with Gasteiger partial charge < -0.3 is 10.8 Å². The molecule has 92 valence electrons. The summed E-state index contributed by atoms with van der Waals surface area (Å²) >= 11 is 0. The van der Waals surface area contributed by atoms with E-state index < -0.39 is 0 Å². The summed E-state index contributed by atoms with van der Waals surface area (Å²) in [6.45, 7) is 2.62. The average molecular weight is 241 g/mol. The first-order valence-electron chi connectivity index (χ1n) is 5.98. The molecule has 0 aliphatic rings. The second kappa shape index (κ2) is 3.99. The van der Waals surface area contributed by atoms with Crippen molar-refractivity contribution in [1.29, 1.82) is 0 Å². The molecule has 0 saturated carbocycles. The zero-order valence-electron chi connectivity index (χ0n) is 10.2. The van der Waals surface area contributed by atoms with Gasteiger partial charge >= 0.3 is 0 Å². The minimum absolute atomic E-state index is 0.0423. The largest absolute Gasteiger partial charge is 0.508 e. The van der Waals surface area contributed by atoms with Gasteiger partial charge in [-0.3, -0.25) is 4.68 Å². The minimum atomic E-state index is 0.0423. The maximum atomic E-state index is 9.65. The van der Waals surface area contributed by atoms with Crippen LogP contribution in [0.3, 0.4) is 0 Å². The van der Waals surface area contributed by atoms with Gasteiger partial charge in [0.15, 0.2) is 0 Å². The zero-order valence-corrected chi connectivity index (χ0v) is 10.2. The van der Waals surface area contributed by atoms with Crippen LogP contribution in [0.15, 0.2) is 36.5 Å². The molecule has 0 amide bonds. The van der Waals surface area contributed by atoms with Crippen molar-refractivity contribution < 1.29 is 5.11 Å². The lowest BCUT2D eigenvalue weighted by Gasteiger charge is -2.09. The van der Waals surface area contributed by atoms with Crippen LogP contribution >= 0.6 is 0 Å². The van der Waals surface area contributed by atoms with E-state index in [1.807, 2.05) is 36.0 Å². The van der Waals surface area contributed by atoms with Crippen LogP contribution in [0.5, 0.6) is 5.75 Å². The highest BCUT2D eigenvalue weighted by atomic mass is 16.3. The fraction of sp³-hybridized carbons (Fsp3) is 0.214.